The molecule has 0 saturated carbocycles. The van der Waals surface area contributed by atoms with E-state index in [2.05, 4.69) is 0 Å². The van der Waals surface area contributed by atoms with Crippen molar-refractivity contribution < 1.29 is 9.59 Å². The second-order valence-corrected chi connectivity index (χ2v) is 4.58. The number of para-hydroxylation sites is 1. The van der Waals surface area contributed by atoms with E-state index in [0.717, 1.165) is 11.3 Å². The third-order valence-corrected chi connectivity index (χ3v) is 3.14. The van der Waals surface area contributed by atoms with Crippen molar-refractivity contribution in [2.24, 2.45) is 0 Å². The van der Waals surface area contributed by atoms with Crippen LogP contribution in [0.25, 0.3) is 0 Å². The number of rotatable bonds is 4. The largest absolute Gasteiger partial charge is 0.306 e. The summed E-state index contributed by atoms with van der Waals surface area (Å²) in [4.78, 5) is 26.1. The second-order valence-electron chi connectivity index (χ2n) is 4.58. The lowest BCUT2D eigenvalue weighted by Crippen LogP contribution is -2.36. The van der Waals surface area contributed by atoms with Gasteiger partial charge in [0.05, 0.1) is 0 Å². The molecule has 0 aliphatic heterocycles. The number of carbonyl (C=O) groups is 2. The Kier molecular flexibility index (Phi) is 4.31. The average Bonchev–Trinajstić information content (AvgIpc) is 2.49. The highest BCUT2D eigenvalue weighted by Gasteiger charge is 2.23. The summed E-state index contributed by atoms with van der Waals surface area (Å²) in [5, 5.41) is 0. The summed E-state index contributed by atoms with van der Waals surface area (Å²) in [6, 6.07) is 16.3. The maximum atomic E-state index is 12.3. The molecule has 0 bridgehead atoms. The number of hydrogen-bond donors (Lipinski definition) is 0. The van der Waals surface area contributed by atoms with E-state index in [1.165, 1.54) is 4.90 Å². The van der Waals surface area contributed by atoms with Crippen molar-refractivity contribution in [1.82, 2.24) is 0 Å². The lowest BCUT2D eigenvalue weighted by atomic mass is 10.1. The Morgan fingerprint density at radius 3 is 2.10 bits per heavy atom. The van der Waals surface area contributed by atoms with Crippen molar-refractivity contribution in [1.29, 1.82) is 0 Å². The van der Waals surface area contributed by atoms with E-state index in [0.29, 0.717) is 12.1 Å². The SMILES string of the molecule is CCN(C(=O)C(=O)c1ccc(C)cc1)c1ccccc1. The zero-order valence-corrected chi connectivity index (χ0v) is 11.7. The maximum Gasteiger partial charge on any atom is 0.299 e. The van der Waals surface area contributed by atoms with Crippen molar-refractivity contribution in [3.05, 3.63) is 65.7 Å². The second kappa shape index (κ2) is 6.15. The van der Waals surface area contributed by atoms with Gasteiger partial charge in [-0.3, -0.25) is 9.59 Å². The number of Topliss-reactive ketones (excluding diaryl/α,β-unsaturated/α-hetero) is 1. The Labute approximate surface area is 118 Å². The highest BCUT2D eigenvalue weighted by atomic mass is 16.2. The molecule has 1 amide bonds. The number of nitrogens with zero attached hydrogens (tertiary/aromatic N) is 1. The highest BCUT2D eigenvalue weighted by molar-refractivity contribution is 6.47. The number of benzene rings is 2. The van der Waals surface area contributed by atoms with Crippen LogP contribution in [-0.4, -0.2) is 18.2 Å². The lowest BCUT2D eigenvalue weighted by Gasteiger charge is -2.20. The maximum absolute atomic E-state index is 12.3. The van der Waals surface area contributed by atoms with Gasteiger partial charge in [0.25, 0.3) is 11.7 Å². The zero-order chi connectivity index (χ0) is 14.5. The van der Waals surface area contributed by atoms with E-state index in [4.69, 9.17) is 0 Å². The van der Waals surface area contributed by atoms with Gasteiger partial charge in [0, 0.05) is 17.8 Å². The normalized spacial score (nSPS) is 10.1. The Bertz CT molecular complexity index is 603. The first-order chi connectivity index (χ1) is 9.63. The summed E-state index contributed by atoms with van der Waals surface area (Å²) >= 11 is 0. The molecule has 3 nitrogen and oxygen atoms in total. The molecule has 0 atom stereocenters. The van der Waals surface area contributed by atoms with Gasteiger partial charge in [0.2, 0.25) is 0 Å². The van der Waals surface area contributed by atoms with Gasteiger partial charge in [-0.25, -0.2) is 0 Å². The molecule has 0 spiro atoms. The molecule has 0 heterocycles. The molecule has 3 heteroatoms. The minimum atomic E-state index is -0.498. The van der Waals surface area contributed by atoms with E-state index in [-0.39, 0.29) is 0 Å². The quantitative estimate of drug-likeness (QED) is 0.630. The Morgan fingerprint density at radius 1 is 0.950 bits per heavy atom. The van der Waals surface area contributed by atoms with Crippen LogP contribution in [0.3, 0.4) is 0 Å². The number of anilines is 1. The van der Waals surface area contributed by atoms with Gasteiger partial charge in [-0.2, -0.15) is 0 Å². The minimum absolute atomic E-state index is 0.426. The van der Waals surface area contributed by atoms with Crippen LogP contribution in [0.15, 0.2) is 54.6 Å². The van der Waals surface area contributed by atoms with E-state index < -0.39 is 11.7 Å². The van der Waals surface area contributed by atoms with Gasteiger partial charge in [-0.1, -0.05) is 48.0 Å². The van der Waals surface area contributed by atoms with Crippen molar-refractivity contribution in [3.8, 4) is 0 Å². The van der Waals surface area contributed by atoms with E-state index in [1.54, 1.807) is 12.1 Å². The third kappa shape index (κ3) is 2.94. The van der Waals surface area contributed by atoms with Gasteiger partial charge in [0.15, 0.2) is 0 Å². The highest BCUT2D eigenvalue weighted by Crippen LogP contribution is 2.15. The van der Waals surface area contributed by atoms with Gasteiger partial charge < -0.3 is 4.90 Å². The molecule has 0 unspecified atom stereocenters. The van der Waals surface area contributed by atoms with Crippen molar-refractivity contribution in [2.45, 2.75) is 13.8 Å². The zero-order valence-electron chi connectivity index (χ0n) is 11.7. The van der Waals surface area contributed by atoms with Crippen molar-refractivity contribution in [2.75, 3.05) is 11.4 Å². The number of amides is 1. The first kappa shape index (κ1) is 14.0. The topological polar surface area (TPSA) is 37.4 Å². The van der Waals surface area contributed by atoms with Crippen LogP contribution >= 0.6 is 0 Å². The molecule has 2 aromatic carbocycles. The van der Waals surface area contributed by atoms with Gasteiger partial charge in [0.1, 0.15) is 0 Å². The fourth-order valence-corrected chi connectivity index (χ4v) is 2.00. The van der Waals surface area contributed by atoms with Gasteiger partial charge in [-0.15, -0.1) is 0 Å². The molecule has 102 valence electrons. The summed E-state index contributed by atoms with van der Waals surface area (Å²) in [6.45, 7) is 4.26. The van der Waals surface area contributed by atoms with Crippen LogP contribution in [0.2, 0.25) is 0 Å². The van der Waals surface area contributed by atoms with E-state index in [9.17, 15) is 9.59 Å². The number of hydrogen-bond acceptors (Lipinski definition) is 2. The molecule has 0 aromatic heterocycles. The number of likely N-dealkylation sites (N-methyl/N-ethyl adjacent to an activating group) is 1. The molecule has 2 aromatic rings. The van der Waals surface area contributed by atoms with Crippen LogP contribution in [-0.2, 0) is 4.79 Å². The standard InChI is InChI=1S/C17H17NO2/c1-3-18(15-7-5-4-6-8-15)17(20)16(19)14-11-9-13(2)10-12-14/h4-12H,3H2,1-2H3. The average molecular weight is 267 g/mol. The first-order valence-electron chi connectivity index (χ1n) is 6.61. The number of carbonyl (C=O) groups excluding carboxylic acids is 2. The lowest BCUT2D eigenvalue weighted by molar-refractivity contribution is -0.114. The molecule has 2 rings (SSSR count). The summed E-state index contributed by atoms with van der Waals surface area (Å²) in [5.74, 6) is -0.974. The predicted molar refractivity (Wildman–Crippen MR) is 80.0 cm³/mol. The molecule has 20 heavy (non-hydrogen) atoms. The molecule has 0 fully saturated rings. The smallest absolute Gasteiger partial charge is 0.299 e. The molecule has 0 radical (unpaired) electrons. The van der Waals surface area contributed by atoms with Gasteiger partial charge in [-0.05, 0) is 26.0 Å². The molecule has 0 aliphatic carbocycles. The molecule has 0 N–H and O–H groups in total. The summed E-state index contributed by atoms with van der Waals surface area (Å²) < 4.78 is 0. The van der Waals surface area contributed by atoms with Gasteiger partial charge >= 0.3 is 0 Å². The van der Waals surface area contributed by atoms with Crippen LogP contribution < -0.4 is 4.90 Å². The summed E-state index contributed by atoms with van der Waals surface area (Å²) in [5.41, 5.74) is 2.22. The molecular formula is C17H17NO2. The summed E-state index contributed by atoms with van der Waals surface area (Å²) in [6.07, 6.45) is 0. The Balaban J connectivity index is 2.25. The third-order valence-electron chi connectivity index (χ3n) is 3.14. The van der Waals surface area contributed by atoms with Crippen LogP contribution in [0.4, 0.5) is 5.69 Å². The predicted octanol–water partition coefficient (Wildman–Crippen LogP) is 3.23. The molecular weight excluding hydrogens is 250 g/mol. The Hall–Kier alpha value is -2.42. The van der Waals surface area contributed by atoms with Crippen LogP contribution in [0, 0.1) is 6.92 Å². The summed E-state index contributed by atoms with van der Waals surface area (Å²) in [7, 11) is 0. The minimum Gasteiger partial charge on any atom is -0.306 e. The van der Waals surface area contributed by atoms with Crippen molar-refractivity contribution in [3.63, 3.8) is 0 Å². The monoisotopic (exact) mass is 267 g/mol. The van der Waals surface area contributed by atoms with Crippen LogP contribution in [0.5, 0.6) is 0 Å². The van der Waals surface area contributed by atoms with Crippen LogP contribution in [0.1, 0.15) is 22.8 Å². The Morgan fingerprint density at radius 2 is 1.55 bits per heavy atom. The van der Waals surface area contributed by atoms with Crippen molar-refractivity contribution >= 4 is 17.4 Å². The number of ketones is 1. The fourth-order valence-electron chi connectivity index (χ4n) is 2.00. The molecule has 0 aliphatic rings. The van der Waals surface area contributed by atoms with E-state index >= 15 is 0 Å². The first-order valence-corrected chi connectivity index (χ1v) is 6.61. The number of aryl methyl sites for hydroxylation is 1. The van der Waals surface area contributed by atoms with E-state index in [1.807, 2.05) is 56.3 Å². The fraction of sp³-hybridized carbons (Fsp3) is 0.176. The molecule has 0 saturated heterocycles.